The standard InChI is InChI=1S/C16H23N3O3/c1-12-5-9-17-15(14(12)19(20)21)18-13-6-10-22-16(11-13)7-3-2-4-8-16/h5,9,13H,2-4,6-8,10-11H2,1H3,(H,17,18). The van der Waals surface area contributed by atoms with Gasteiger partial charge in [-0.3, -0.25) is 10.1 Å². The van der Waals surface area contributed by atoms with E-state index in [1.165, 1.54) is 19.3 Å². The summed E-state index contributed by atoms with van der Waals surface area (Å²) < 4.78 is 6.08. The van der Waals surface area contributed by atoms with Gasteiger partial charge in [0.1, 0.15) is 0 Å². The summed E-state index contributed by atoms with van der Waals surface area (Å²) in [4.78, 5) is 15.1. The number of aryl methyl sites for hydroxylation is 1. The van der Waals surface area contributed by atoms with Crippen molar-refractivity contribution in [1.82, 2.24) is 4.98 Å². The van der Waals surface area contributed by atoms with Crippen LogP contribution in [-0.2, 0) is 4.74 Å². The molecule has 1 aromatic rings. The second-order valence-electron chi connectivity index (χ2n) is 6.51. The zero-order valence-corrected chi connectivity index (χ0v) is 13.0. The maximum atomic E-state index is 11.3. The van der Waals surface area contributed by atoms with Crippen molar-refractivity contribution < 1.29 is 9.66 Å². The Labute approximate surface area is 130 Å². The quantitative estimate of drug-likeness (QED) is 0.682. The van der Waals surface area contributed by atoms with Gasteiger partial charge in [-0.25, -0.2) is 4.98 Å². The molecule has 0 bridgehead atoms. The summed E-state index contributed by atoms with van der Waals surface area (Å²) in [7, 11) is 0. The van der Waals surface area contributed by atoms with Crippen molar-refractivity contribution in [3.63, 3.8) is 0 Å². The largest absolute Gasteiger partial charge is 0.375 e. The number of hydrogen-bond donors (Lipinski definition) is 1. The molecule has 1 unspecified atom stereocenters. The van der Waals surface area contributed by atoms with E-state index in [2.05, 4.69) is 10.3 Å². The van der Waals surface area contributed by atoms with E-state index in [-0.39, 0.29) is 22.3 Å². The van der Waals surface area contributed by atoms with E-state index in [0.717, 1.165) is 32.3 Å². The first-order valence-electron chi connectivity index (χ1n) is 8.10. The molecule has 2 fully saturated rings. The fourth-order valence-electron chi connectivity index (χ4n) is 3.78. The third kappa shape index (κ3) is 3.06. The highest BCUT2D eigenvalue weighted by molar-refractivity contribution is 5.60. The molecule has 6 heteroatoms. The Kier molecular flexibility index (Phi) is 4.29. The van der Waals surface area contributed by atoms with Gasteiger partial charge in [-0.05, 0) is 38.7 Å². The lowest BCUT2D eigenvalue weighted by molar-refractivity contribution is -0.384. The van der Waals surface area contributed by atoms with Crippen LogP contribution in [0, 0.1) is 17.0 Å². The molecule has 2 aliphatic rings. The van der Waals surface area contributed by atoms with Gasteiger partial charge in [0, 0.05) is 24.4 Å². The Hall–Kier alpha value is -1.69. The number of aromatic nitrogens is 1. The Morgan fingerprint density at radius 3 is 2.91 bits per heavy atom. The lowest BCUT2D eigenvalue weighted by Crippen LogP contribution is -2.45. The van der Waals surface area contributed by atoms with Crippen LogP contribution >= 0.6 is 0 Å². The minimum atomic E-state index is -0.347. The van der Waals surface area contributed by atoms with Crippen LogP contribution < -0.4 is 5.32 Å². The van der Waals surface area contributed by atoms with E-state index in [4.69, 9.17) is 4.74 Å². The van der Waals surface area contributed by atoms with E-state index >= 15 is 0 Å². The average molecular weight is 305 g/mol. The molecule has 1 aromatic heterocycles. The molecule has 120 valence electrons. The van der Waals surface area contributed by atoms with E-state index in [9.17, 15) is 10.1 Å². The average Bonchev–Trinajstić information content (AvgIpc) is 2.48. The van der Waals surface area contributed by atoms with Gasteiger partial charge in [0.2, 0.25) is 5.82 Å². The normalized spacial score (nSPS) is 24.1. The number of rotatable bonds is 3. The van der Waals surface area contributed by atoms with Crippen LogP contribution in [0.2, 0.25) is 0 Å². The molecule has 1 aliphatic carbocycles. The van der Waals surface area contributed by atoms with Crippen molar-refractivity contribution in [1.29, 1.82) is 0 Å². The van der Waals surface area contributed by atoms with E-state index in [1.54, 1.807) is 19.2 Å². The summed E-state index contributed by atoms with van der Waals surface area (Å²) in [6.07, 6.45) is 9.34. The number of anilines is 1. The molecular formula is C16H23N3O3. The predicted octanol–water partition coefficient (Wildman–Crippen LogP) is 3.59. The second kappa shape index (κ2) is 6.20. The number of ether oxygens (including phenoxy) is 1. The van der Waals surface area contributed by atoms with Gasteiger partial charge in [0.15, 0.2) is 0 Å². The molecule has 1 spiro atoms. The lowest BCUT2D eigenvalue weighted by atomic mass is 9.78. The number of nitrogens with zero attached hydrogens (tertiary/aromatic N) is 2. The second-order valence-corrected chi connectivity index (χ2v) is 6.51. The van der Waals surface area contributed by atoms with Crippen LogP contribution in [0.5, 0.6) is 0 Å². The minimum absolute atomic E-state index is 0.0211. The van der Waals surface area contributed by atoms with Crippen molar-refractivity contribution in [2.75, 3.05) is 11.9 Å². The Morgan fingerprint density at radius 1 is 1.41 bits per heavy atom. The Bertz CT molecular complexity index is 550. The molecule has 0 radical (unpaired) electrons. The van der Waals surface area contributed by atoms with Crippen LogP contribution in [0.3, 0.4) is 0 Å². The Balaban J connectivity index is 1.76. The summed E-state index contributed by atoms with van der Waals surface area (Å²) in [6.45, 7) is 2.47. The van der Waals surface area contributed by atoms with Gasteiger partial charge in [-0.1, -0.05) is 19.3 Å². The van der Waals surface area contributed by atoms with E-state index in [0.29, 0.717) is 11.4 Å². The summed E-state index contributed by atoms with van der Waals surface area (Å²) in [5.41, 5.74) is 0.709. The first-order valence-corrected chi connectivity index (χ1v) is 8.10. The summed E-state index contributed by atoms with van der Waals surface area (Å²) in [6, 6.07) is 1.87. The van der Waals surface area contributed by atoms with Crippen molar-refractivity contribution >= 4 is 11.5 Å². The lowest BCUT2D eigenvalue weighted by Gasteiger charge is -2.43. The van der Waals surface area contributed by atoms with Crippen LogP contribution in [0.25, 0.3) is 0 Å². The smallest absolute Gasteiger partial charge is 0.314 e. The summed E-state index contributed by atoms with van der Waals surface area (Å²) in [5, 5.41) is 14.6. The molecule has 1 aliphatic heterocycles. The highest BCUT2D eigenvalue weighted by Crippen LogP contribution is 2.39. The van der Waals surface area contributed by atoms with Crippen molar-refractivity contribution in [2.24, 2.45) is 0 Å². The van der Waals surface area contributed by atoms with Gasteiger partial charge < -0.3 is 10.1 Å². The molecular weight excluding hydrogens is 282 g/mol. The predicted molar refractivity (Wildman–Crippen MR) is 84.0 cm³/mol. The topological polar surface area (TPSA) is 77.3 Å². The first kappa shape index (κ1) is 15.2. The van der Waals surface area contributed by atoms with Crippen molar-refractivity contribution in [2.45, 2.75) is 63.5 Å². The van der Waals surface area contributed by atoms with Crippen molar-refractivity contribution in [3.8, 4) is 0 Å². The van der Waals surface area contributed by atoms with Crippen LogP contribution in [0.15, 0.2) is 12.3 Å². The Morgan fingerprint density at radius 2 is 2.18 bits per heavy atom. The molecule has 0 aromatic carbocycles. The van der Waals surface area contributed by atoms with Crippen LogP contribution in [0.1, 0.15) is 50.5 Å². The summed E-state index contributed by atoms with van der Waals surface area (Å²) >= 11 is 0. The summed E-state index contributed by atoms with van der Waals surface area (Å²) in [5.74, 6) is 0.392. The first-order chi connectivity index (χ1) is 10.6. The molecule has 1 atom stereocenters. The number of nitro groups is 1. The zero-order valence-electron chi connectivity index (χ0n) is 13.0. The van der Waals surface area contributed by atoms with Gasteiger partial charge in [-0.2, -0.15) is 0 Å². The highest BCUT2D eigenvalue weighted by Gasteiger charge is 2.39. The van der Waals surface area contributed by atoms with Crippen LogP contribution in [-0.4, -0.2) is 28.2 Å². The zero-order chi connectivity index (χ0) is 15.6. The molecule has 3 rings (SSSR count). The number of nitrogens with one attached hydrogen (secondary N) is 1. The van der Waals surface area contributed by atoms with Crippen molar-refractivity contribution in [3.05, 3.63) is 27.9 Å². The van der Waals surface area contributed by atoms with E-state index in [1.807, 2.05) is 0 Å². The maximum Gasteiger partial charge on any atom is 0.314 e. The van der Waals surface area contributed by atoms with E-state index < -0.39 is 0 Å². The van der Waals surface area contributed by atoms with Crippen LogP contribution in [0.4, 0.5) is 11.5 Å². The minimum Gasteiger partial charge on any atom is -0.375 e. The van der Waals surface area contributed by atoms with Gasteiger partial charge in [0.25, 0.3) is 0 Å². The molecule has 1 N–H and O–H groups in total. The molecule has 1 saturated carbocycles. The van der Waals surface area contributed by atoms with Gasteiger partial charge in [0.05, 0.1) is 10.5 Å². The third-order valence-corrected chi connectivity index (χ3v) is 4.91. The monoisotopic (exact) mass is 305 g/mol. The number of pyridine rings is 1. The molecule has 22 heavy (non-hydrogen) atoms. The number of hydrogen-bond acceptors (Lipinski definition) is 5. The SMILES string of the molecule is Cc1ccnc(NC2CCOC3(CCCCC3)C2)c1[N+](=O)[O-]. The fraction of sp³-hybridized carbons (Fsp3) is 0.688. The van der Waals surface area contributed by atoms with Gasteiger partial charge >= 0.3 is 5.69 Å². The maximum absolute atomic E-state index is 11.3. The third-order valence-electron chi connectivity index (χ3n) is 4.91. The fourth-order valence-corrected chi connectivity index (χ4v) is 3.78. The molecule has 1 saturated heterocycles. The molecule has 2 heterocycles. The molecule has 6 nitrogen and oxygen atoms in total. The highest BCUT2D eigenvalue weighted by atomic mass is 16.6. The van der Waals surface area contributed by atoms with Gasteiger partial charge in [-0.15, -0.1) is 0 Å². The molecule has 0 amide bonds.